The summed E-state index contributed by atoms with van der Waals surface area (Å²) >= 11 is 3.09. The Bertz CT molecular complexity index is 1020. The second kappa shape index (κ2) is 15.0. The standard InChI is InChI=1S/C17H29NO3S.C16H26O3S/c1-16(2,3)11-12(19)8-7-9-18-14(20)10-13(15(18)21)22-17(4,5)6;1-15(2,3)9-10(17)7-11-12(18)8-13(14(11)19)20-16(4,5)6/h13H,7-11H2,1-6H3;11,13H,7-9H2,1-6H3. The fourth-order valence-corrected chi connectivity index (χ4v) is 7.65. The lowest BCUT2D eigenvalue weighted by Gasteiger charge is -2.21. The van der Waals surface area contributed by atoms with Gasteiger partial charge in [-0.3, -0.25) is 33.7 Å². The minimum Gasteiger partial charge on any atom is -0.300 e. The van der Waals surface area contributed by atoms with Crippen LogP contribution in [0.25, 0.3) is 0 Å². The molecule has 0 N–H and O–H groups in total. The lowest BCUT2D eigenvalue weighted by Crippen LogP contribution is -2.33. The van der Waals surface area contributed by atoms with Crippen molar-refractivity contribution < 1.29 is 28.8 Å². The molecule has 1 heterocycles. The zero-order chi connectivity index (χ0) is 32.8. The minimum atomic E-state index is -0.690. The number of Topliss-reactive ketones (excluding diaryl/α,β-unsaturated/α-hetero) is 4. The SMILES string of the molecule is CC(C)(C)CC(=O)CC1C(=O)CC(SC(C)(C)C)C1=O.CC(C)(C)CC(=O)CCCN1C(=O)CC(SC(C)(C)C)C1=O. The molecule has 2 aliphatic rings. The third-order valence-electron chi connectivity index (χ3n) is 6.35. The molecule has 1 saturated heterocycles. The molecule has 42 heavy (non-hydrogen) atoms. The van der Waals surface area contributed by atoms with Crippen molar-refractivity contribution in [3.63, 3.8) is 0 Å². The number of ketones is 4. The predicted molar refractivity (Wildman–Crippen MR) is 174 cm³/mol. The van der Waals surface area contributed by atoms with Crippen LogP contribution in [-0.4, -0.2) is 66.4 Å². The van der Waals surface area contributed by atoms with E-state index >= 15 is 0 Å². The van der Waals surface area contributed by atoms with Crippen LogP contribution in [0, 0.1) is 16.7 Å². The van der Waals surface area contributed by atoms with Gasteiger partial charge in [0.15, 0.2) is 5.78 Å². The van der Waals surface area contributed by atoms with Gasteiger partial charge in [0.05, 0.1) is 16.4 Å². The fourth-order valence-electron chi connectivity index (χ4n) is 4.96. The third kappa shape index (κ3) is 14.8. The van der Waals surface area contributed by atoms with Crippen molar-refractivity contribution in [2.75, 3.05) is 6.54 Å². The van der Waals surface area contributed by atoms with Crippen LogP contribution in [0.4, 0.5) is 0 Å². The number of nitrogens with zero attached hydrogens (tertiary/aromatic N) is 1. The van der Waals surface area contributed by atoms with Gasteiger partial charge in [-0.2, -0.15) is 0 Å². The Labute approximate surface area is 262 Å². The zero-order valence-electron chi connectivity index (χ0n) is 28.1. The van der Waals surface area contributed by atoms with E-state index in [1.807, 2.05) is 83.1 Å². The van der Waals surface area contributed by atoms with E-state index in [0.29, 0.717) is 32.2 Å². The van der Waals surface area contributed by atoms with E-state index in [1.165, 1.54) is 16.7 Å². The second-order valence-electron chi connectivity index (χ2n) is 16.0. The summed E-state index contributed by atoms with van der Waals surface area (Å²) in [5.74, 6) is -0.762. The number of imide groups is 1. The van der Waals surface area contributed by atoms with Crippen molar-refractivity contribution in [2.45, 2.75) is 148 Å². The van der Waals surface area contributed by atoms with E-state index in [0.717, 1.165) is 0 Å². The fraction of sp³-hybridized carbons (Fsp3) is 0.818. The normalized spacial score (nSPS) is 22.0. The number of likely N-dealkylation sites (tertiary alicyclic amines) is 1. The third-order valence-corrected chi connectivity index (χ3v) is 9.10. The molecule has 0 aromatic heterocycles. The molecule has 3 unspecified atom stereocenters. The van der Waals surface area contributed by atoms with Gasteiger partial charge >= 0.3 is 0 Å². The number of hydrogen-bond donors (Lipinski definition) is 0. The van der Waals surface area contributed by atoms with Gasteiger partial charge in [0, 0.05) is 54.6 Å². The first-order valence-corrected chi connectivity index (χ1v) is 16.8. The molecule has 0 spiro atoms. The monoisotopic (exact) mass is 625 g/mol. The van der Waals surface area contributed by atoms with E-state index < -0.39 is 5.92 Å². The molecule has 9 heteroatoms. The van der Waals surface area contributed by atoms with Crippen LogP contribution in [0.1, 0.15) is 128 Å². The first-order valence-electron chi connectivity index (χ1n) is 15.1. The Hall–Kier alpha value is -1.48. The van der Waals surface area contributed by atoms with E-state index in [1.54, 1.807) is 11.8 Å². The van der Waals surface area contributed by atoms with Crippen molar-refractivity contribution >= 4 is 58.5 Å². The highest BCUT2D eigenvalue weighted by Crippen LogP contribution is 2.38. The van der Waals surface area contributed by atoms with Gasteiger partial charge in [-0.1, -0.05) is 83.1 Å². The molecule has 1 aliphatic heterocycles. The summed E-state index contributed by atoms with van der Waals surface area (Å²) in [7, 11) is 0. The average Bonchev–Trinajstić information content (AvgIpc) is 3.13. The summed E-state index contributed by atoms with van der Waals surface area (Å²) in [6, 6.07) is 0. The summed E-state index contributed by atoms with van der Waals surface area (Å²) in [5.41, 5.74) is -0.105. The number of carbonyl (C=O) groups is 6. The largest absolute Gasteiger partial charge is 0.300 e. The molecule has 0 aromatic rings. The van der Waals surface area contributed by atoms with Gasteiger partial charge < -0.3 is 0 Å². The predicted octanol–water partition coefficient (Wildman–Crippen LogP) is 6.87. The highest BCUT2D eigenvalue weighted by molar-refractivity contribution is 8.02. The highest BCUT2D eigenvalue weighted by atomic mass is 32.2. The first-order chi connectivity index (χ1) is 18.8. The lowest BCUT2D eigenvalue weighted by molar-refractivity contribution is -0.138. The topological polar surface area (TPSA) is 106 Å². The number of thioether (sulfide) groups is 2. The van der Waals surface area contributed by atoms with Crippen LogP contribution >= 0.6 is 23.5 Å². The molecule has 2 amide bonds. The molecule has 2 fully saturated rings. The van der Waals surface area contributed by atoms with Gasteiger partial charge in [-0.15, -0.1) is 23.5 Å². The van der Waals surface area contributed by atoms with Crippen molar-refractivity contribution in [1.82, 2.24) is 4.90 Å². The van der Waals surface area contributed by atoms with E-state index in [2.05, 4.69) is 0 Å². The molecule has 240 valence electrons. The molecular formula is C33H55NO6S2. The summed E-state index contributed by atoms with van der Waals surface area (Å²) in [4.78, 5) is 73.8. The molecule has 3 atom stereocenters. The maximum absolute atomic E-state index is 12.3. The van der Waals surface area contributed by atoms with Crippen molar-refractivity contribution in [3.8, 4) is 0 Å². The van der Waals surface area contributed by atoms with Crippen LogP contribution in [0.3, 0.4) is 0 Å². The molecule has 7 nitrogen and oxygen atoms in total. The number of hydrogen-bond acceptors (Lipinski definition) is 8. The molecular weight excluding hydrogens is 570 g/mol. The van der Waals surface area contributed by atoms with Crippen LogP contribution in [0.2, 0.25) is 0 Å². The zero-order valence-corrected chi connectivity index (χ0v) is 29.7. The van der Waals surface area contributed by atoms with Crippen LogP contribution < -0.4 is 0 Å². The highest BCUT2D eigenvalue weighted by Gasteiger charge is 2.44. The van der Waals surface area contributed by atoms with Crippen LogP contribution in [0.15, 0.2) is 0 Å². The Morgan fingerprint density at radius 1 is 0.714 bits per heavy atom. The molecule has 1 saturated carbocycles. The molecule has 0 radical (unpaired) electrons. The van der Waals surface area contributed by atoms with E-state index in [-0.39, 0.29) is 85.0 Å². The van der Waals surface area contributed by atoms with Gasteiger partial charge in [0.2, 0.25) is 11.8 Å². The van der Waals surface area contributed by atoms with Gasteiger partial charge in [0.1, 0.15) is 17.3 Å². The summed E-state index contributed by atoms with van der Waals surface area (Å²) in [6.45, 7) is 24.7. The quantitative estimate of drug-likeness (QED) is 0.191. The molecule has 0 bridgehead atoms. The summed E-state index contributed by atoms with van der Waals surface area (Å²) < 4.78 is -0.0930. The number of rotatable bonds is 10. The van der Waals surface area contributed by atoms with Gasteiger partial charge in [0.25, 0.3) is 0 Å². The average molecular weight is 626 g/mol. The molecule has 1 aliphatic carbocycles. The summed E-state index contributed by atoms with van der Waals surface area (Å²) in [6.07, 6.45) is 2.63. The Morgan fingerprint density at radius 2 is 1.19 bits per heavy atom. The Kier molecular flexibility index (Phi) is 13.8. The van der Waals surface area contributed by atoms with Crippen molar-refractivity contribution in [2.24, 2.45) is 16.7 Å². The van der Waals surface area contributed by atoms with Gasteiger partial charge in [-0.25, -0.2) is 0 Å². The maximum atomic E-state index is 12.3. The second-order valence-corrected chi connectivity index (χ2v) is 20.1. The number of amides is 2. The number of carbonyl (C=O) groups excluding carboxylic acids is 6. The molecule has 0 aromatic carbocycles. The van der Waals surface area contributed by atoms with E-state index in [4.69, 9.17) is 0 Å². The first kappa shape index (κ1) is 38.5. The minimum absolute atomic E-state index is 0.00912. The molecule has 2 rings (SSSR count). The summed E-state index contributed by atoms with van der Waals surface area (Å²) in [5, 5.41) is -0.535. The Balaban J connectivity index is 0.000000422. The lowest BCUT2D eigenvalue weighted by atomic mass is 9.86. The van der Waals surface area contributed by atoms with Crippen LogP contribution in [-0.2, 0) is 28.8 Å². The van der Waals surface area contributed by atoms with Crippen molar-refractivity contribution in [1.29, 1.82) is 0 Å². The van der Waals surface area contributed by atoms with Gasteiger partial charge in [-0.05, 0) is 17.3 Å². The van der Waals surface area contributed by atoms with Crippen LogP contribution in [0.5, 0.6) is 0 Å². The maximum Gasteiger partial charge on any atom is 0.242 e. The van der Waals surface area contributed by atoms with E-state index in [9.17, 15) is 28.8 Å². The Morgan fingerprint density at radius 3 is 1.67 bits per heavy atom. The smallest absolute Gasteiger partial charge is 0.242 e. The van der Waals surface area contributed by atoms with Crippen molar-refractivity contribution in [3.05, 3.63) is 0 Å².